The highest BCUT2D eigenvalue weighted by molar-refractivity contribution is 6.30. The molecule has 0 spiro atoms. The van der Waals surface area contributed by atoms with Crippen molar-refractivity contribution >= 4 is 23.5 Å². The van der Waals surface area contributed by atoms with Gasteiger partial charge in [0.1, 0.15) is 0 Å². The molecule has 7 heteroatoms. The van der Waals surface area contributed by atoms with Crippen LogP contribution in [0.15, 0.2) is 54.3 Å². The van der Waals surface area contributed by atoms with E-state index in [9.17, 15) is 9.59 Å². The zero-order chi connectivity index (χ0) is 18.8. The quantitative estimate of drug-likeness (QED) is 0.536. The average Bonchev–Trinajstić information content (AvgIpc) is 2.52. The van der Waals surface area contributed by atoms with Gasteiger partial charge in [-0.05, 0) is 49.3 Å². The second kappa shape index (κ2) is 10.3. The van der Waals surface area contributed by atoms with Gasteiger partial charge in [-0.25, -0.2) is 10.2 Å². The lowest BCUT2D eigenvalue weighted by atomic mass is 10.1. The number of carbonyl (C=O) groups is 2. The summed E-state index contributed by atoms with van der Waals surface area (Å²) in [6, 6.07) is 4.26. The van der Waals surface area contributed by atoms with Crippen LogP contribution in [0.2, 0.25) is 5.02 Å². The lowest BCUT2D eigenvalue weighted by Crippen LogP contribution is -2.46. The molecule has 0 heterocycles. The van der Waals surface area contributed by atoms with E-state index in [1.165, 1.54) is 0 Å². The first-order chi connectivity index (χ1) is 11.8. The Labute approximate surface area is 152 Å². The number of hydrazine groups is 1. The first-order valence-electron chi connectivity index (χ1n) is 7.49. The van der Waals surface area contributed by atoms with Crippen LogP contribution < -0.4 is 16.2 Å². The molecule has 0 unspecified atom stereocenters. The molecule has 3 amide bonds. The normalized spacial score (nSPS) is 11.3. The third kappa shape index (κ3) is 7.69. The van der Waals surface area contributed by atoms with Crippen molar-refractivity contribution in [2.75, 3.05) is 13.7 Å². The van der Waals surface area contributed by atoms with Crippen molar-refractivity contribution in [3.63, 3.8) is 0 Å². The van der Waals surface area contributed by atoms with E-state index in [1.54, 1.807) is 38.3 Å². The number of hydrogen-bond acceptors (Lipinski definition) is 3. The number of urea groups is 1. The SMILES string of the molecule is C=C(/C=C(C)\C=C/COC)NC(=O)NNC(=O)c1ccc(Cl)cc1C. The third-order valence-corrected chi connectivity index (χ3v) is 3.28. The van der Waals surface area contributed by atoms with E-state index in [4.69, 9.17) is 16.3 Å². The summed E-state index contributed by atoms with van der Waals surface area (Å²) in [4.78, 5) is 23.8. The maximum absolute atomic E-state index is 12.0. The van der Waals surface area contributed by atoms with Gasteiger partial charge in [-0.3, -0.25) is 10.2 Å². The number of aryl methyl sites for hydroxylation is 1. The largest absolute Gasteiger partial charge is 0.381 e. The van der Waals surface area contributed by atoms with Gasteiger partial charge >= 0.3 is 6.03 Å². The highest BCUT2D eigenvalue weighted by atomic mass is 35.5. The maximum Gasteiger partial charge on any atom is 0.337 e. The molecule has 0 aliphatic carbocycles. The van der Waals surface area contributed by atoms with Crippen molar-refractivity contribution in [2.24, 2.45) is 0 Å². The summed E-state index contributed by atoms with van der Waals surface area (Å²) in [7, 11) is 1.61. The van der Waals surface area contributed by atoms with Crippen molar-refractivity contribution in [3.8, 4) is 0 Å². The second-order valence-electron chi connectivity index (χ2n) is 5.26. The molecule has 6 nitrogen and oxygen atoms in total. The molecule has 0 aromatic heterocycles. The second-order valence-corrected chi connectivity index (χ2v) is 5.70. The van der Waals surface area contributed by atoms with Crippen LogP contribution >= 0.6 is 11.6 Å². The number of halogens is 1. The summed E-state index contributed by atoms with van der Waals surface area (Å²) in [5, 5.41) is 3.05. The minimum atomic E-state index is -0.602. The van der Waals surface area contributed by atoms with Gasteiger partial charge in [-0.15, -0.1) is 0 Å². The van der Waals surface area contributed by atoms with Gasteiger partial charge in [0.25, 0.3) is 5.91 Å². The molecule has 3 N–H and O–H groups in total. The molecule has 0 bridgehead atoms. The summed E-state index contributed by atoms with van der Waals surface area (Å²) >= 11 is 5.85. The number of hydrogen-bond donors (Lipinski definition) is 3. The molecular formula is C18H22ClN3O3. The van der Waals surface area contributed by atoms with Crippen LogP contribution in [0.5, 0.6) is 0 Å². The van der Waals surface area contributed by atoms with Crippen molar-refractivity contribution in [2.45, 2.75) is 13.8 Å². The van der Waals surface area contributed by atoms with Gasteiger partial charge in [0.15, 0.2) is 0 Å². The lowest BCUT2D eigenvalue weighted by molar-refractivity contribution is 0.0936. The van der Waals surface area contributed by atoms with Crippen LogP contribution in [-0.2, 0) is 4.74 Å². The molecule has 0 aliphatic heterocycles. The molecule has 0 aliphatic rings. The van der Waals surface area contributed by atoms with Crippen LogP contribution in [0, 0.1) is 6.92 Å². The predicted octanol–water partition coefficient (Wildman–Crippen LogP) is 3.26. The molecular weight excluding hydrogens is 342 g/mol. The molecule has 1 aromatic carbocycles. The molecule has 0 fully saturated rings. The average molecular weight is 364 g/mol. The molecule has 0 radical (unpaired) electrons. The Morgan fingerprint density at radius 2 is 2.04 bits per heavy atom. The van der Waals surface area contributed by atoms with Gasteiger partial charge in [0.2, 0.25) is 0 Å². The Morgan fingerprint density at radius 3 is 2.68 bits per heavy atom. The first-order valence-corrected chi connectivity index (χ1v) is 7.87. The van der Waals surface area contributed by atoms with Gasteiger partial charge in [-0.1, -0.05) is 30.3 Å². The number of carbonyl (C=O) groups excluding carboxylic acids is 2. The van der Waals surface area contributed by atoms with Gasteiger partial charge in [0, 0.05) is 23.4 Å². The topological polar surface area (TPSA) is 79.5 Å². The van der Waals surface area contributed by atoms with E-state index in [0.29, 0.717) is 28.5 Å². The number of amides is 3. The van der Waals surface area contributed by atoms with Crippen molar-refractivity contribution in [1.29, 1.82) is 0 Å². The Hall–Kier alpha value is -2.57. The van der Waals surface area contributed by atoms with Gasteiger partial charge in [0.05, 0.1) is 6.61 Å². The fraction of sp³-hybridized carbons (Fsp3) is 0.222. The zero-order valence-corrected chi connectivity index (χ0v) is 15.2. The summed E-state index contributed by atoms with van der Waals surface area (Å²) in [5.74, 6) is -0.441. The number of nitrogens with one attached hydrogen (secondary N) is 3. The van der Waals surface area contributed by atoms with Crippen LogP contribution in [0.1, 0.15) is 22.8 Å². The smallest absolute Gasteiger partial charge is 0.337 e. The molecule has 25 heavy (non-hydrogen) atoms. The molecule has 1 aromatic rings. The standard InChI is InChI=1S/C18H22ClN3O3/c1-12(6-5-9-25-4)10-14(3)20-18(24)22-21-17(23)16-8-7-15(19)11-13(16)2/h5-8,10-11H,3,9H2,1-2,4H3,(H,21,23)(H2,20,22,24)/b6-5-,12-10-. The fourth-order valence-corrected chi connectivity index (χ4v) is 2.16. The highest BCUT2D eigenvalue weighted by Gasteiger charge is 2.10. The van der Waals surface area contributed by atoms with Crippen LogP contribution in [0.3, 0.4) is 0 Å². The van der Waals surface area contributed by atoms with Crippen LogP contribution in [-0.4, -0.2) is 25.7 Å². The summed E-state index contributed by atoms with van der Waals surface area (Å²) < 4.78 is 4.90. The highest BCUT2D eigenvalue weighted by Crippen LogP contribution is 2.14. The fourth-order valence-electron chi connectivity index (χ4n) is 1.93. The number of rotatable bonds is 6. The van der Waals surface area contributed by atoms with Crippen molar-refractivity contribution < 1.29 is 14.3 Å². The summed E-state index contributed by atoms with van der Waals surface area (Å²) in [6.07, 6.45) is 5.38. The van der Waals surface area contributed by atoms with E-state index >= 15 is 0 Å². The zero-order valence-electron chi connectivity index (χ0n) is 14.5. The monoisotopic (exact) mass is 363 g/mol. The number of benzene rings is 1. The van der Waals surface area contributed by atoms with Crippen LogP contribution in [0.4, 0.5) is 4.79 Å². The molecule has 0 atom stereocenters. The van der Waals surface area contributed by atoms with E-state index in [-0.39, 0.29) is 0 Å². The maximum atomic E-state index is 12.0. The lowest BCUT2D eigenvalue weighted by Gasteiger charge is -2.10. The number of ether oxygens (including phenoxy) is 1. The minimum absolute atomic E-state index is 0.383. The summed E-state index contributed by atoms with van der Waals surface area (Å²) in [5.41, 5.74) is 6.99. The molecule has 1 rings (SSSR count). The summed E-state index contributed by atoms with van der Waals surface area (Å²) in [6.45, 7) is 7.85. The molecule has 0 saturated carbocycles. The first kappa shape index (κ1) is 20.5. The Kier molecular flexibility index (Phi) is 8.46. The van der Waals surface area contributed by atoms with Crippen LogP contribution in [0.25, 0.3) is 0 Å². The minimum Gasteiger partial charge on any atom is -0.381 e. The number of allylic oxidation sites excluding steroid dienone is 3. The van der Waals surface area contributed by atoms with E-state index < -0.39 is 11.9 Å². The third-order valence-electron chi connectivity index (χ3n) is 3.04. The molecule has 0 saturated heterocycles. The Morgan fingerprint density at radius 1 is 1.32 bits per heavy atom. The van der Waals surface area contributed by atoms with Crippen molar-refractivity contribution in [1.82, 2.24) is 16.2 Å². The molecule has 134 valence electrons. The van der Waals surface area contributed by atoms with Gasteiger partial charge in [-0.2, -0.15) is 0 Å². The Bertz CT molecular complexity index is 712. The number of methoxy groups -OCH3 is 1. The predicted molar refractivity (Wildman–Crippen MR) is 99.2 cm³/mol. The Balaban J connectivity index is 2.50. The van der Waals surface area contributed by atoms with Crippen molar-refractivity contribution in [3.05, 3.63) is 70.4 Å². The van der Waals surface area contributed by atoms with E-state index in [1.807, 2.05) is 19.1 Å². The van der Waals surface area contributed by atoms with E-state index in [0.717, 1.165) is 5.57 Å². The van der Waals surface area contributed by atoms with Gasteiger partial charge < -0.3 is 10.1 Å². The van der Waals surface area contributed by atoms with E-state index in [2.05, 4.69) is 22.7 Å².